The third kappa shape index (κ3) is 4.36. The molecule has 1 N–H and O–H groups in total. The highest BCUT2D eigenvalue weighted by Crippen LogP contribution is 2.25. The lowest BCUT2D eigenvalue weighted by Crippen LogP contribution is -2.47. The average molecular weight is 382 g/mol. The van der Waals surface area contributed by atoms with Crippen molar-refractivity contribution in [2.45, 2.75) is 32.2 Å². The van der Waals surface area contributed by atoms with E-state index in [4.69, 9.17) is 0 Å². The van der Waals surface area contributed by atoms with Crippen molar-refractivity contribution in [1.29, 1.82) is 0 Å². The van der Waals surface area contributed by atoms with Gasteiger partial charge in [0, 0.05) is 24.7 Å². The van der Waals surface area contributed by atoms with Crippen molar-refractivity contribution in [3.63, 3.8) is 0 Å². The quantitative estimate of drug-likeness (QED) is 0.630. The average Bonchev–Trinajstić information content (AvgIpc) is 2.68. The van der Waals surface area contributed by atoms with E-state index in [1.165, 1.54) is 12.1 Å². The van der Waals surface area contributed by atoms with E-state index in [1.807, 2.05) is 31.2 Å². The molecular formula is C21H22N2O5. The largest absolute Gasteiger partial charge is 0.481 e. The third-order valence-electron chi connectivity index (χ3n) is 5.25. The zero-order valence-electron chi connectivity index (χ0n) is 15.6. The monoisotopic (exact) mass is 382 g/mol. The molecule has 1 aliphatic rings. The van der Waals surface area contributed by atoms with E-state index >= 15 is 0 Å². The number of hydrogen-bond acceptors (Lipinski definition) is 4. The van der Waals surface area contributed by atoms with E-state index in [0.717, 1.165) is 16.7 Å². The highest BCUT2D eigenvalue weighted by molar-refractivity contribution is 5.80. The SMILES string of the molecule is C[C@H]1CC[C@@H](C(=O)O)CN1C(=O)Cc1ccc(-c2cccc([N+](=O)[O-])c2)cc1. The van der Waals surface area contributed by atoms with Crippen LogP contribution in [0.4, 0.5) is 5.69 Å². The Morgan fingerprint density at radius 2 is 1.86 bits per heavy atom. The molecule has 0 spiro atoms. The predicted molar refractivity (Wildman–Crippen MR) is 104 cm³/mol. The summed E-state index contributed by atoms with van der Waals surface area (Å²) in [5.74, 6) is -1.44. The molecule has 0 unspecified atom stereocenters. The Kier molecular flexibility index (Phi) is 5.73. The number of carboxylic acid groups (broad SMARTS) is 1. The number of likely N-dealkylation sites (tertiary alicyclic amines) is 1. The molecule has 7 heteroatoms. The molecule has 2 aromatic carbocycles. The van der Waals surface area contributed by atoms with Crippen molar-refractivity contribution in [3.05, 3.63) is 64.2 Å². The number of nitro benzene ring substituents is 1. The number of piperidine rings is 1. The Balaban J connectivity index is 1.70. The number of benzene rings is 2. The highest BCUT2D eigenvalue weighted by Gasteiger charge is 2.32. The maximum Gasteiger partial charge on any atom is 0.308 e. The number of hydrogen-bond donors (Lipinski definition) is 1. The van der Waals surface area contributed by atoms with Crippen molar-refractivity contribution in [2.24, 2.45) is 5.92 Å². The van der Waals surface area contributed by atoms with Crippen LogP contribution < -0.4 is 0 Å². The number of amides is 1. The smallest absolute Gasteiger partial charge is 0.308 e. The van der Waals surface area contributed by atoms with Gasteiger partial charge >= 0.3 is 5.97 Å². The van der Waals surface area contributed by atoms with Gasteiger partial charge < -0.3 is 10.0 Å². The van der Waals surface area contributed by atoms with Crippen molar-refractivity contribution >= 4 is 17.6 Å². The molecule has 7 nitrogen and oxygen atoms in total. The number of nitrogens with zero attached hydrogens (tertiary/aromatic N) is 2. The molecular weight excluding hydrogens is 360 g/mol. The molecule has 1 fully saturated rings. The van der Waals surface area contributed by atoms with Gasteiger partial charge in [0.15, 0.2) is 0 Å². The molecule has 2 aromatic rings. The number of carboxylic acids is 1. The fourth-order valence-electron chi connectivity index (χ4n) is 3.55. The number of carbonyl (C=O) groups is 2. The van der Waals surface area contributed by atoms with Crippen molar-refractivity contribution in [3.8, 4) is 11.1 Å². The lowest BCUT2D eigenvalue weighted by atomic mass is 9.93. The summed E-state index contributed by atoms with van der Waals surface area (Å²) < 4.78 is 0. The molecule has 0 aromatic heterocycles. The van der Waals surface area contributed by atoms with Gasteiger partial charge in [-0.2, -0.15) is 0 Å². The van der Waals surface area contributed by atoms with E-state index < -0.39 is 16.8 Å². The molecule has 3 rings (SSSR count). The van der Waals surface area contributed by atoms with E-state index in [1.54, 1.807) is 17.0 Å². The van der Waals surface area contributed by atoms with Gasteiger partial charge in [-0.05, 0) is 36.5 Å². The van der Waals surface area contributed by atoms with Crippen molar-refractivity contribution < 1.29 is 19.6 Å². The maximum atomic E-state index is 12.7. The van der Waals surface area contributed by atoms with Crippen LogP contribution >= 0.6 is 0 Å². The van der Waals surface area contributed by atoms with Crippen LogP contribution in [0.25, 0.3) is 11.1 Å². The first-order chi connectivity index (χ1) is 13.3. The topological polar surface area (TPSA) is 101 Å². The Hall–Kier alpha value is -3.22. The van der Waals surface area contributed by atoms with Gasteiger partial charge in [0.05, 0.1) is 17.3 Å². The Labute approximate surface area is 162 Å². The Morgan fingerprint density at radius 3 is 2.50 bits per heavy atom. The van der Waals surface area contributed by atoms with Crippen LogP contribution in [0.1, 0.15) is 25.3 Å². The lowest BCUT2D eigenvalue weighted by molar-refractivity contribution is -0.384. The first-order valence-corrected chi connectivity index (χ1v) is 9.21. The van der Waals surface area contributed by atoms with Gasteiger partial charge in [0.1, 0.15) is 0 Å². The Bertz CT molecular complexity index is 894. The van der Waals surface area contributed by atoms with Gasteiger partial charge in [-0.25, -0.2) is 0 Å². The zero-order chi connectivity index (χ0) is 20.3. The summed E-state index contributed by atoms with van der Waals surface area (Å²) >= 11 is 0. The maximum absolute atomic E-state index is 12.7. The first-order valence-electron chi connectivity index (χ1n) is 9.21. The number of non-ortho nitro benzene ring substituents is 1. The highest BCUT2D eigenvalue weighted by atomic mass is 16.6. The fourth-order valence-corrected chi connectivity index (χ4v) is 3.55. The van der Waals surface area contributed by atoms with Crippen LogP contribution in [0.15, 0.2) is 48.5 Å². The summed E-state index contributed by atoms with van der Waals surface area (Å²) in [6, 6.07) is 13.8. The summed E-state index contributed by atoms with van der Waals surface area (Å²) in [7, 11) is 0. The number of nitro groups is 1. The van der Waals surface area contributed by atoms with E-state index in [2.05, 4.69) is 0 Å². The van der Waals surface area contributed by atoms with Crippen molar-refractivity contribution in [2.75, 3.05) is 6.54 Å². The molecule has 2 atom stereocenters. The van der Waals surface area contributed by atoms with E-state index in [-0.39, 0.29) is 30.6 Å². The van der Waals surface area contributed by atoms with Gasteiger partial charge in [-0.1, -0.05) is 36.4 Å². The standard InChI is InChI=1S/C21H22N2O5/c1-14-5-8-18(21(25)26)13-22(14)20(24)11-15-6-9-16(10-7-15)17-3-2-4-19(12-17)23(27)28/h2-4,6-7,9-10,12,14,18H,5,8,11,13H2,1H3,(H,25,26)/t14-,18+/m0/s1. The zero-order valence-corrected chi connectivity index (χ0v) is 15.6. The van der Waals surface area contributed by atoms with Crippen LogP contribution in [0.2, 0.25) is 0 Å². The normalized spacial score (nSPS) is 19.2. The number of carbonyl (C=O) groups excluding carboxylic acids is 1. The molecule has 28 heavy (non-hydrogen) atoms. The van der Waals surface area contributed by atoms with Gasteiger partial charge in [-0.15, -0.1) is 0 Å². The molecule has 1 saturated heterocycles. The van der Waals surface area contributed by atoms with Crippen LogP contribution in [0.5, 0.6) is 0 Å². The molecule has 1 amide bonds. The van der Waals surface area contributed by atoms with E-state index in [9.17, 15) is 24.8 Å². The van der Waals surface area contributed by atoms with E-state index in [0.29, 0.717) is 12.8 Å². The molecule has 0 radical (unpaired) electrons. The van der Waals surface area contributed by atoms with Crippen LogP contribution in [0.3, 0.4) is 0 Å². The second-order valence-electron chi connectivity index (χ2n) is 7.19. The lowest BCUT2D eigenvalue weighted by Gasteiger charge is -2.36. The van der Waals surface area contributed by atoms with Gasteiger partial charge in [0.2, 0.25) is 5.91 Å². The molecule has 0 aliphatic carbocycles. The second kappa shape index (κ2) is 8.21. The van der Waals surface area contributed by atoms with Gasteiger partial charge in [-0.3, -0.25) is 19.7 Å². The van der Waals surface area contributed by atoms with Crippen LogP contribution in [-0.2, 0) is 16.0 Å². The molecule has 1 aliphatic heterocycles. The first kappa shape index (κ1) is 19.5. The Morgan fingerprint density at radius 1 is 1.14 bits per heavy atom. The second-order valence-corrected chi connectivity index (χ2v) is 7.19. The third-order valence-corrected chi connectivity index (χ3v) is 5.25. The van der Waals surface area contributed by atoms with Crippen molar-refractivity contribution in [1.82, 2.24) is 4.90 Å². The minimum absolute atomic E-state index is 0.0313. The summed E-state index contributed by atoms with van der Waals surface area (Å²) in [4.78, 5) is 36.1. The van der Waals surface area contributed by atoms with Crippen LogP contribution in [0, 0.1) is 16.0 Å². The fraction of sp³-hybridized carbons (Fsp3) is 0.333. The van der Waals surface area contributed by atoms with Gasteiger partial charge in [0.25, 0.3) is 5.69 Å². The predicted octanol–water partition coefficient (Wildman–Crippen LogP) is 3.52. The molecule has 0 bridgehead atoms. The number of rotatable bonds is 5. The summed E-state index contributed by atoms with van der Waals surface area (Å²) in [5.41, 5.74) is 2.42. The summed E-state index contributed by atoms with van der Waals surface area (Å²) in [6.07, 6.45) is 1.48. The summed E-state index contributed by atoms with van der Waals surface area (Å²) in [5, 5.41) is 20.2. The number of aliphatic carboxylic acids is 1. The molecule has 1 heterocycles. The minimum atomic E-state index is -0.856. The molecule has 146 valence electrons. The van der Waals surface area contributed by atoms with Crippen LogP contribution in [-0.4, -0.2) is 39.4 Å². The molecule has 0 saturated carbocycles. The minimum Gasteiger partial charge on any atom is -0.481 e. The summed E-state index contributed by atoms with van der Waals surface area (Å²) in [6.45, 7) is 2.20.